The molecule has 0 amide bonds. The molecular formula is C44H27NOS. The summed E-state index contributed by atoms with van der Waals surface area (Å²) >= 11 is 1.87. The average molecular weight is 618 g/mol. The van der Waals surface area contributed by atoms with E-state index in [1.165, 1.54) is 63.6 Å². The molecule has 2 heterocycles. The molecule has 2 aromatic heterocycles. The maximum Gasteiger partial charge on any atom is 0.136 e. The van der Waals surface area contributed by atoms with Crippen LogP contribution in [0.1, 0.15) is 0 Å². The Balaban J connectivity index is 1.10. The third kappa shape index (κ3) is 4.10. The molecule has 0 unspecified atom stereocenters. The third-order valence-electron chi connectivity index (χ3n) is 9.44. The highest BCUT2D eigenvalue weighted by molar-refractivity contribution is 7.27. The molecule has 0 spiro atoms. The van der Waals surface area contributed by atoms with Crippen LogP contribution in [0.3, 0.4) is 0 Å². The van der Waals surface area contributed by atoms with Gasteiger partial charge in [0.25, 0.3) is 0 Å². The van der Waals surface area contributed by atoms with E-state index in [9.17, 15) is 0 Å². The summed E-state index contributed by atoms with van der Waals surface area (Å²) in [6, 6.07) is 58.9. The molecule has 0 bridgehead atoms. The Kier molecular flexibility index (Phi) is 5.78. The van der Waals surface area contributed by atoms with E-state index in [1.54, 1.807) is 0 Å². The molecule has 0 aliphatic heterocycles. The molecular weight excluding hydrogens is 591 g/mol. The largest absolute Gasteiger partial charge is 0.456 e. The molecule has 0 radical (unpaired) electrons. The fourth-order valence-electron chi connectivity index (χ4n) is 7.25. The minimum atomic E-state index is 0.936. The topological polar surface area (TPSA) is 16.4 Å². The van der Waals surface area contributed by atoms with Crippen LogP contribution in [0, 0.1) is 0 Å². The highest BCUT2D eigenvalue weighted by Crippen LogP contribution is 2.46. The van der Waals surface area contributed by atoms with Gasteiger partial charge in [0, 0.05) is 48.0 Å². The van der Waals surface area contributed by atoms with E-state index in [0.29, 0.717) is 0 Å². The van der Waals surface area contributed by atoms with Gasteiger partial charge in [0.05, 0.1) is 0 Å². The monoisotopic (exact) mass is 617 g/mol. The van der Waals surface area contributed by atoms with Gasteiger partial charge in [-0.15, -0.1) is 11.3 Å². The van der Waals surface area contributed by atoms with E-state index < -0.39 is 0 Å². The Morgan fingerprint density at radius 3 is 1.96 bits per heavy atom. The Labute approximate surface area is 275 Å². The van der Waals surface area contributed by atoms with Crippen LogP contribution in [0.15, 0.2) is 168 Å². The van der Waals surface area contributed by atoms with Crippen molar-refractivity contribution >= 4 is 92.1 Å². The average Bonchev–Trinajstić information content (AvgIpc) is 3.71. The number of thiophene rings is 1. The lowest BCUT2D eigenvalue weighted by atomic mass is 10.0. The van der Waals surface area contributed by atoms with Crippen LogP contribution in [0.25, 0.3) is 74.8 Å². The van der Waals surface area contributed by atoms with Crippen molar-refractivity contribution in [1.29, 1.82) is 0 Å². The van der Waals surface area contributed by atoms with E-state index >= 15 is 0 Å². The van der Waals surface area contributed by atoms with E-state index in [0.717, 1.165) is 28.2 Å². The standard InChI is InChI=1S/C44H27NOS/c1-2-10-31(11-3-1)45(33-23-24-35-30(27-33)18-17-28-9-4-5-12-34(28)35)32-21-19-29(20-22-32)36-14-8-15-37-38-25-26-41-42(44(38)47-43(36)37)39-13-6-7-16-40(39)46-41/h1-27H. The van der Waals surface area contributed by atoms with Crippen LogP contribution >= 0.6 is 11.3 Å². The molecule has 10 aromatic rings. The first-order valence-corrected chi connectivity index (χ1v) is 16.7. The number of rotatable bonds is 4. The van der Waals surface area contributed by atoms with Gasteiger partial charge >= 0.3 is 0 Å². The van der Waals surface area contributed by atoms with Gasteiger partial charge in [0.2, 0.25) is 0 Å². The lowest BCUT2D eigenvalue weighted by Crippen LogP contribution is -2.09. The van der Waals surface area contributed by atoms with Crippen LogP contribution < -0.4 is 4.90 Å². The van der Waals surface area contributed by atoms with Crippen molar-refractivity contribution in [3.05, 3.63) is 164 Å². The minimum Gasteiger partial charge on any atom is -0.456 e. The van der Waals surface area contributed by atoms with Crippen molar-refractivity contribution in [1.82, 2.24) is 0 Å². The first-order chi connectivity index (χ1) is 23.3. The zero-order chi connectivity index (χ0) is 30.9. The molecule has 2 nitrogen and oxygen atoms in total. The number of benzene rings is 8. The number of hydrogen-bond donors (Lipinski definition) is 0. The Morgan fingerprint density at radius 2 is 1.06 bits per heavy atom. The summed E-state index contributed by atoms with van der Waals surface area (Å²) in [5.41, 5.74) is 7.72. The number of anilines is 3. The molecule has 0 aliphatic rings. The molecule has 0 saturated heterocycles. The highest BCUT2D eigenvalue weighted by atomic mass is 32.1. The van der Waals surface area contributed by atoms with E-state index in [1.807, 2.05) is 17.4 Å². The zero-order valence-corrected chi connectivity index (χ0v) is 26.2. The fourth-order valence-corrected chi connectivity index (χ4v) is 8.63. The Hall–Kier alpha value is -5.90. The van der Waals surface area contributed by atoms with Crippen LogP contribution in [0.4, 0.5) is 17.1 Å². The number of fused-ring (bicyclic) bond motifs is 10. The summed E-state index contributed by atoms with van der Waals surface area (Å²) in [5.74, 6) is 0. The lowest BCUT2D eigenvalue weighted by molar-refractivity contribution is 0.669. The third-order valence-corrected chi connectivity index (χ3v) is 10.7. The molecule has 10 rings (SSSR count). The number of furan rings is 1. The predicted octanol–water partition coefficient (Wildman–Crippen LogP) is 13.4. The molecule has 0 aliphatic carbocycles. The second-order valence-corrected chi connectivity index (χ2v) is 13.1. The van der Waals surface area contributed by atoms with Crippen molar-refractivity contribution in [2.45, 2.75) is 0 Å². The quantitative estimate of drug-likeness (QED) is 0.183. The SMILES string of the molecule is c1ccc(N(c2ccc(-c3cccc4c3sc3c4ccc4oc5ccccc5c43)cc2)c2ccc3c(ccc4ccccc43)c2)cc1. The van der Waals surface area contributed by atoms with Gasteiger partial charge in [-0.25, -0.2) is 0 Å². The fraction of sp³-hybridized carbons (Fsp3) is 0. The lowest BCUT2D eigenvalue weighted by Gasteiger charge is -2.26. The molecule has 8 aromatic carbocycles. The molecule has 3 heteroatoms. The highest BCUT2D eigenvalue weighted by Gasteiger charge is 2.18. The second kappa shape index (κ2) is 10.3. The summed E-state index contributed by atoms with van der Waals surface area (Å²) in [4.78, 5) is 2.35. The molecule has 0 N–H and O–H groups in total. The first-order valence-electron chi connectivity index (χ1n) is 15.9. The van der Waals surface area contributed by atoms with Crippen molar-refractivity contribution in [2.24, 2.45) is 0 Å². The molecule has 0 atom stereocenters. The van der Waals surface area contributed by atoms with Gasteiger partial charge in [-0.3, -0.25) is 0 Å². The molecule has 47 heavy (non-hydrogen) atoms. The Bertz CT molecular complexity index is 2790. The van der Waals surface area contributed by atoms with E-state index in [-0.39, 0.29) is 0 Å². The van der Waals surface area contributed by atoms with Crippen molar-refractivity contribution in [3.63, 3.8) is 0 Å². The normalized spacial score (nSPS) is 11.8. The maximum atomic E-state index is 6.22. The molecule has 0 fully saturated rings. The molecule has 0 saturated carbocycles. The van der Waals surface area contributed by atoms with Crippen LogP contribution in [-0.4, -0.2) is 0 Å². The van der Waals surface area contributed by atoms with Crippen molar-refractivity contribution in [3.8, 4) is 11.1 Å². The van der Waals surface area contributed by atoms with Gasteiger partial charge in [0.1, 0.15) is 11.2 Å². The number of nitrogens with zero attached hydrogens (tertiary/aromatic N) is 1. The summed E-state index contributed by atoms with van der Waals surface area (Å²) in [6.45, 7) is 0. The molecule has 220 valence electrons. The number of hydrogen-bond acceptors (Lipinski definition) is 3. The van der Waals surface area contributed by atoms with Gasteiger partial charge in [-0.1, -0.05) is 109 Å². The van der Waals surface area contributed by atoms with Gasteiger partial charge < -0.3 is 9.32 Å². The van der Waals surface area contributed by atoms with E-state index in [2.05, 4.69) is 163 Å². The summed E-state index contributed by atoms with van der Waals surface area (Å²) in [6.07, 6.45) is 0. The van der Waals surface area contributed by atoms with Gasteiger partial charge in [-0.05, 0) is 87.3 Å². The zero-order valence-electron chi connectivity index (χ0n) is 25.4. The van der Waals surface area contributed by atoms with Crippen molar-refractivity contribution in [2.75, 3.05) is 4.90 Å². The van der Waals surface area contributed by atoms with Crippen LogP contribution in [0.2, 0.25) is 0 Å². The second-order valence-electron chi connectivity index (χ2n) is 12.1. The van der Waals surface area contributed by atoms with Gasteiger partial charge in [0.15, 0.2) is 0 Å². The maximum absolute atomic E-state index is 6.22. The summed E-state index contributed by atoms with van der Waals surface area (Å²) < 4.78 is 8.81. The van der Waals surface area contributed by atoms with Crippen LogP contribution in [0.5, 0.6) is 0 Å². The summed E-state index contributed by atoms with van der Waals surface area (Å²) in [5, 5.41) is 10.00. The minimum absolute atomic E-state index is 0.936. The van der Waals surface area contributed by atoms with Gasteiger partial charge in [-0.2, -0.15) is 0 Å². The van der Waals surface area contributed by atoms with Crippen molar-refractivity contribution < 1.29 is 4.42 Å². The predicted molar refractivity (Wildman–Crippen MR) is 202 cm³/mol. The summed E-state index contributed by atoms with van der Waals surface area (Å²) in [7, 11) is 0. The smallest absolute Gasteiger partial charge is 0.136 e. The van der Waals surface area contributed by atoms with Crippen LogP contribution in [-0.2, 0) is 0 Å². The first kappa shape index (κ1) is 26.3. The Morgan fingerprint density at radius 1 is 0.404 bits per heavy atom. The number of para-hydroxylation sites is 2. The van der Waals surface area contributed by atoms with E-state index in [4.69, 9.17) is 4.42 Å².